The number of halogens is 1. The zero-order valence-corrected chi connectivity index (χ0v) is 10.1. The fourth-order valence-electron chi connectivity index (χ4n) is 1.63. The lowest BCUT2D eigenvalue weighted by atomic mass is 10.2. The number of benzene rings is 1. The van der Waals surface area contributed by atoms with Gasteiger partial charge in [0.05, 0.1) is 27.6 Å². The summed E-state index contributed by atoms with van der Waals surface area (Å²) in [6, 6.07) is 3.31. The molecule has 1 aromatic carbocycles. The molecule has 0 unspecified atom stereocenters. The molecular weight excluding hydrogens is 288 g/mol. The van der Waals surface area contributed by atoms with Gasteiger partial charge in [-0.25, -0.2) is 9.48 Å². The molecule has 3 N–H and O–H groups in total. The summed E-state index contributed by atoms with van der Waals surface area (Å²) in [5, 5.41) is 4.13. The van der Waals surface area contributed by atoms with Crippen molar-refractivity contribution in [2.24, 2.45) is 0 Å². The van der Waals surface area contributed by atoms with Gasteiger partial charge < -0.3 is 10.2 Å². The number of anilines is 1. The summed E-state index contributed by atoms with van der Waals surface area (Å²) in [6.45, 7) is 0. The van der Waals surface area contributed by atoms with Gasteiger partial charge in [-0.3, -0.25) is 4.98 Å². The Kier molecular flexibility index (Phi) is 2.08. The van der Waals surface area contributed by atoms with Crippen molar-refractivity contribution >= 4 is 32.7 Å². The average molecular weight is 295 g/mol. The van der Waals surface area contributed by atoms with Gasteiger partial charge >= 0.3 is 5.76 Å². The first-order valence-corrected chi connectivity index (χ1v) is 5.56. The first kappa shape index (κ1) is 10.2. The first-order chi connectivity index (χ1) is 8.13. The molecule has 2 aromatic heterocycles. The highest BCUT2D eigenvalue weighted by Gasteiger charge is 2.09. The Morgan fingerprint density at radius 1 is 1.47 bits per heavy atom. The maximum Gasteiger partial charge on any atom is 0.417 e. The maximum absolute atomic E-state index is 11.1. The Labute approximate surface area is 103 Å². The lowest BCUT2D eigenvalue weighted by molar-refractivity contribution is 0.555. The van der Waals surface area contributed by atoms with Gasteiger partial charge in [0.2, 0.25) is 0 Å². The molecule has 0 aliphatic carbocycles. The highest BCUT2D eigenvalue weighted by Crippen LogP contribution is 2.23. The minimum absolute atomic E-state index is 0.433. The number of hydrogen-bond donors (Lipinski definition) is 2. The zero-order valence-electron chi connectivity index (χ0n) is 8.48. The Bertz CT molecular complexity index is 755. The molecule has 0 aliphatic heterocycles. The molecular formula is C10H7BrN4O2. The molecule has 7 heteroatoms. The van der Waals surface area contributed by atoms with Crippen molar-refractivity contribution in [1.29, 1.82) is 0 Å². The van der Waals surface area contributed by atoms with Gasteiger partial charge in [-0.1, -0.05) is 0 Å². The quantitative estimate of drug-likeness (QED) is 0.668. The summed E-state index contributed by atoms with van der Waals surface area (Å²) in [5.41, 5.74) is 8.07. The van der Waals surface area contributed by atoms with Crippen LogP contribution in [0.4, 0.5) is 5.69 Å². The number of aromatic amines is 1. The standard InChI is InChI=1S/C10H7BrN4O2/c11-5-3-13-15(4-5)8-2-7-9(1-6(8)12)17-10(16)14-7/h1-4H,12H2,(H,14,16). The van der Waals surface area contributed by atoms with Gasteiger partial charge in [-0.2, -0.15) is 5.10 Å². The molecule has 86 valence electrons. The number of aromatic nitrogens is 3. The van der Waals surface area contributed by atoms with E-state index in [0.29, 0.717) is 22.5 Å². The van der Waals surface area contributed by atoms with E-state index in [4.69, 9.17) is 10.2 Å². The van der Waals surface area contributed by atoms with Crippen LogP contribution in [-0.2, 0) is 0 Å². The fraction of sp³-hybridized carbons (Fsp3) is 0. The molecule has 0 saturated carbocycles. The van der Waals surface area contributed by atoms with Gasteiger partial charge in [-0.05, 0) is 22.0 Å². The second kappa shape index (κ2) is 3.49. The predicted molar refractivity (Wildman–Crippen MR) is 66.1 cm³/mol. The zero-order chi connectivity index (χ0) is 12.0. The summed E-state index contributed by atoms with van der Waals surface area (Å²) < 4.78 is 7.38. The van der Waals surface area contributed by atoms with Gasteiger partial charge in [0.1, 0.15) is 0 Å². The third-order valence-electron chi connectivity index (χ3n) is 2.37. The lowest BCUT2D eigenvalue weighted by Gasteiger charge is -2.04. The minimum atomic E-state index is -0.502. The van der Waals surface area contributed by atoms with Crippen LogP contribution in [0, 0.1) is 0 Å². The van der Waals surface area contributed by atoms with Gasteiger partial charge in [0, 0.05) is 12.3 Å². The Morgan fingerprint density at radius 2 is 2.29 bits per heavy atom. The number of nitrogens with zero attached hydrogens (tertiary/aromatic N) is 2. The third-order valence-corrected chi connectivity index (χ3v) is 2.78. The largest absolute Gasteiger partial charge is 0.417 e. The molecule has 17 heavy (non-hydrogen) atoms. The van der Waals surface area contributed by atoms with E-state index in [1.165, 1.54) is 0 Å². The number of nitrogen functional groups attached to an aromatic ring is 1. The van der Waals surface area contributed by atoms with E-state index in [1.807, 2.05) is 0 Å². The molecule has 0 saturated heterocycles. The number of oxazole rings is 1. The van der Waals surface area contributed by atoms with Gasteiger partial charge in [-0.15, -0.1) is 0 Å². The molecule has 0 aliphatic rings. The van der Waals surface area contributed by atoms with Crippen LogP contribution in [0.5, 0.6) is 0 Å². The van der Waals surface area contributed by atoms with E-state index < -0.39 is 5.76 Å². The van der Waals surface area contributed by atoms with E-state index in [2.05, 4.69) is 26.0 Å². The number of hydrogen-bond acceptors (Lipinski definition) is 4. The molecule has 2 heterocycles. The van der Waals surface area contributed by atoms with E-state index in [9.17, 15) is 4.79 Å². The highest BCUT2D eigenvalue weighted by atomic mass is 79.9. The van der Waals surface area contributed by atoms with E-state index in [1.54, 1.807) is 29.2 Å². The van der Waals surface area contributed by atoms with E-state index in [-0.39, 0.29) is 0 Å². The Balaban J connectivity index is 2.29. The van der Waals surface area contributed by atoms with Crippen LogP contribution < -0.4 is 11.5 Å². The number of fused-ring (bicyclic) bond motifs is 1. The monoisotopic (exact) mass is 294 g/mol. The van der Waals surface area contributed by atoms with E-state index >= 15 is 0 Å². The van der Waals surface area contributed by atoms with Crippen molar-refractivity contribution in [2.45, 2.75) is 0 Å². The number of H-pyrrole nitrogens is 1. The Morgan fingerprint density at radius 3 is 3.00 bits per heavy atom. The van der Waals surface area contributed by atoms with Crippen LogP contribution in [0.1, 0.15) is 0 Å². The topological polar surface area (TPSA) is 89.8 Å². The normalized spacial score (nSPS) is 11.1. The van der Waals surface area contributed by atoms with Crippen molar-refractivity contribution < 1.29 is 4.42 Å². The van der Waals surface area contributed by atoms with Crippen LogP contribution in [-0.4, -0.2) is 14.8 Å². The van der Waals surface area contributed by atoms with E-state index in [0.717, 1.165) is 4.47 Å². The second-order valence-corrected chi connectivity index (χ2v) is 4.44. The molecule has 0 fully saturated rings. The average Bonchev–Trinajstić information content (AvgIpc) is 2.82. The molecule has 0 atom stereocenters. The maximum atomic E-state index is 11.1. The van der Waals surface area contributed by atoms with Crippen molar-refractivity contribution in [3.8, 4) is 5.69 Å². The van der Waals surface area contributed by atoms with Crippen LogP contribution in [0.2, 0.25) is 0 Å². The molecule has 3 rings (SSSR count). The summed E-state index contributed by atoms with van der Waals surface area (Å²) in [6.07, 6.45) is 3.43. The third kappa shape index (κ3) is 1.64. The fourth-order valence-corrected chi connectivity index (χ4v) is 1.92. The van der Waals surface area contributed by atoms with Crippen molar-refractivity contribution in [3.63, 3.8) is 0 Å². The molecule has 0 radical (unpaired) electrons. The van der Waals surface area contributed by atoms with Gasteiger partial charge in [0.25, 0.3) is 0 Å². The van der Waals surface area contributed by atoms with Crippen LogP contribution in [0.25, 0.3) is 16.8 Å². The number of nitrogens with two attached hydrogens (primary N) is 1. The molecule has 3 aromatic rings. The molecule has 6 nitrogen and oxygen atoms in total. The van der Waals surface area contributed by atoms with Crippen molar-refractivity contribution in [1.82, 2.24) is 14.8 Å². The number of nitrogens with one attached hydrogen (secondary N) is 1. The minimum Gasteiger partial charge on any atom is -0.408 e. The Hall–Kier alpha value is -2.02. The number of rotatable bonds is 1. The summed E-state index contributed by atoms with van der Waals surface area (Å²) in [4.78, 5) is 13.6. The van der Waals surface area contributed by atoms with Crippen molar-refractivity contribution in [2.75, 3.05) is 5.73 Å². The van der Waals surface area contributed by atoms with Crippen LogP contribution >= 0.6 is 15.9 Å². The molecule has 0 bridgehead atoms. The van der Waals surface area contributed by atoms with Crippen molar-refractivity contribution in [3.05, 3.63) is 39.5 Å². The van der Waals surface area contributed by atoms with Gasteiger partial charge in [0.15, 0.2) is 5.58 Å². The SMILES string of the molecule is Nc1cc2oc(=O)[nH]c2cc1-n1cc(Br)cn1. The summed E-state index contributed by atoms with van der Waals surface area (Å²) in [7, 11) is 0. The smallest absolute Gasteiger partial charge is 0.408 e. The summed E-state index contributed by atoms with van der Waals surface area (Å²) >= 11 is 3.31. The second-order valence-electron chi connectivity index (χ2n) is 3.52. The van der Waals surface area contributed by atoms with Crippen LogP contribution in [0.3, 0.4) is 0 Å². The highest BCUT2D eigenvalue weighted by molar-refractivity contribution is 9.10. The molecule has 0 spiro atoms. The predicted octanol–water partition coefficient (Wildman–Crippen LogP) is 1.65. The first-order valence-electron chi connectivity index (χ1n) is 4.76. The lowest BCUT2D eigenvalue weighted by Crippen LogP contribution is -2.00. The van der Waals surface area contributed by atoms with Crippen LogP contribution in [0.15, 0.2) is 38.2 Å². The summed E-state index contributed by atoms with van der Waals surface area (Å²) in [5.74, 6) is -0.502. The molecule has 0 amide bonds.